The predicted molar refractivity (Wildman–Crippen MR) is 83.5 cm³/mol. The third kappa shape index (κ3) is 4.91. The normalized spacial score (nSPS) is 10.2. The van der Waals surface area contributed by atoms with E-state index >= 15 is 0 Å². The first-order valence-corrected chi connectivity index (χ1v) is 7.07. The summed E-state index contributed by atoms with van der Waals surface area (Å²) >= 11 is 0. The Bertz CT molecular complexity index is 611. The number of carbonyl (C=O) groups is 1. The van der Waals surface area contributed by atoms with Gasteiger partial charge in [-0.1, -0.05) is 24.3 Å². The van der Waals surface area contributed by atoms with Gasteiger partial charge in [-0.3, -0.25) is 4.79 Å². The van der Waals surface area contributed by atoms with Gasteiger partial charge in [-0.2, -0.15) is 0 Å². The minimum atomic E-state index is -0.0403. The van der Waals surface area contributed by atoms with Crippen molar-refractivity contribution in [1.82, 2.24) is 4.98 Å². The van der Waals surface area contributed by atoms with E-state index in [9.17, 15) is 4.79 Å². The highest BCUT2D eigenvalue weighted by atomic mass is 16.5. The zero-order chi connectivity index (χ0) is 15.1. The van der Waals surface area contributed by atoms with Crippen molar-refractivity contribution in [2.45, 2.75) is 26.7 Å². The first-order valence-electron chi connectivity index (χ1n) is 7.07. The maximum Gasteiger partial charge on any atom is 0.225 e. The molecule has 4 nitrogen and oxygen atoms in total. The van der Waals surface area contributed by atoms with E-state index in [4.69, 9.17) is 4.74 Å². The van der Waals surface area contributed by atoms with E-state index in [1.54, 1.807) is 6.07 Å². The van der Waals surface area contributed by atoms with Crippen LogP contribution in [0.5, 0.6) is 5.75 Å². The molecule has 0 spiro atoms. The van der Waals surface area contributed by atoms with Crippen molar-refractivity contribution in [3.63, 3.8) is 0 Å². The molecule has 2 rings (SSSR count). The second-order valence-electron chi connectivity index (χ2n) is 4.93. The third-order valence-electron chi connectivity index (χ3n) is 3.06. The summed E-state index contributed by atoms with van der Waals surface area (Å²) in [6.45, 7) is 4.43. The number of nitrogens with one attached hydrogen (secondary N) is 1. The summed E-state index contributed by atoms with van der Waals surface area (Å²) in [5.74, 6) is 1.43. The minimum absolute atomic E-state index is 0.0403. The van der Waals surface area contributed by atoms with E-state index < -0.39 is 0 Å². The van der Waals surface area contributed by atoms with Crippen LogP contribution in [-0.4, -0.2) is 17.5 Å². The van der Waals surface area contributed by atoms with E-state index in [-0.39, 0.29) is 5.91 Å². The van der Waals surface area contributed by atoms with Crippen LogP contribution in [-0.2, 0) is 4.79 Å². The van der Waals surface area contributed by atoms with Crippen molar-refractivity contribution in [3.05, 3.63) is 53.7 Å². The molecule has 1 N–H and O–H groups in total. The van der Waals surface area contributed by atoms with Crippen LogP contribution in [0, 0.1) is 13.8 Å². The number of nitrogens with zero attached hydrogens (tertiary/aromatic N) is 1. The molecule has 2 aromatic rings. The lowest BCUT2D eigenvalue weighted by atomic mass is 10.2. The first-order chi connectivity index (χ1) is 10.1. The van der Waals surface area contributed by atoms with Crippen LogP contribution >= 0.6 is 0 Å². The second-order valence-corrected chi connectivity index (χ2v) is 4.93. The SMILES string of the molecule is Cc1cccc(NC(=O)CCCOc2ccccc2C)n1. The highest BCUT2D eigenvalue weighted by Crippen LogP contribution is 2.16. The molecule has 1 aromatic carbocycles. The molecular weight excluding hydrogens is 264 g/mol. The number of aryl methyl sites for hydroxylation is 2. The molecule has 0 fully saturated rings. The van der Waals surface area contributed by atoms with Crippen LogP contribution in [0.1, 0.15) is 24.1 Å². The van der Waals surface area contributed by atoms with E-state index in [2.05, 4.69) is 10.3 Å². The minimum Gasteiger partial charge on any atom is -0.493 e. The average Bonchev–Trinajstić information content (AvgIpc) is 2.45. The van der Waals surface area contributed by atoms with Gasteiger partial charge in [0.2, 0.25) is 5.91 Å². The molecule has 0 aliphatic heterocycles. The van der Waals surface area contributed by atoms with Crippen LogP contribution in [0.3, 0.4) is 0 Å². The van der Waals surface area contributed by atoms with E-state index in [1.165, 1.54) is 0 Å². The summed E-state index contributed by atoms with van der Waals surface area (Å²) < 4.78 is 5.66. The Morgan fingerprint density at radius 3 is 2.71 bits per heavy atom. The molecule has 0 aliphatic rings. The molecule has 4 heteroatoms. The van der Waals surface area contributed by atoms with Crippen molar-refractivity contribution in [3.8, 4) is 5.75 Å². The van der Waals surface area contributed by atoms with E-state index in [1.807, 2.05) is 50.2 Å². The molecule has 0 bridgehead atoms. The highest BCUT2D eigenvalue weighted by Gasteiger charge is 2.04. The number of hydrogen-bond donors (Lipinski definition) is 1. The Kier molecular flexibility index (Phi) is 5.32. The Hall–Kier alpha value is -2.36. The van der Waals surface area contributed by atoms with E-state index in [0.29, 0.717) is 25.3 Å². The quantitative estimate of drug-likeness (QED) is 0.826. The van der Waals surface area contributed by atoms with Gasteiger partial charge in [-0.25, -0.2) is 4.98 Å². The number of aromatic nitrogens is 1. The number of benzene rings is 1. The van der Waals surface area contributed by atoms with Gasteiger partial charge < -0.3 is 10.1 Å². The van der Waals surface area contributed by atoms with Crippen LogP contribution in [0.25, 0.3) is 0 Å². The predicted octanol–water partition coefficient (Wildman–Crippen LogP) is 3.50. The van der Waals surface area contributed by atoms with Crippen LogP contribution in [0.4, 0.5) is 5.82 Å². The van der Waals surface area contributed by atoms with Crippen molar-refractivity contribution in [2.24, 2.45) is 0 Å². The molecule has 1 heterocycles. The van der Waals surface area contributed by atoms with Crippen LogP contribution in [0.15, 0.2) is 42.5 Å². The van der Waals surface area contributed by atoms with Crippen molar-refractivity contribution in [2.75, 3.05) is 11.9 Å². The number of rotatable bonds is 6. The van der Waals surface area contributed by atoms with Gasteiger partial charge in [0.05, 0.1) is 6.61 Å². The summed E-state index contributed by atoms with van der Waals surface area (Å²) in [4.78, 5) is 16.0. The monoisotopic (exact) mass is 284 g/mol. The molecular formula is C17H20N2O2. The number of carbonyl (C=O) groups excluding carboxylic acids is 1. The van der Waals surface area contributed by atoms with Crippen molar-refractivity contribution < 1.29 is 9.53 Å². The zero-order valence-corrected chi connectivity index (χ0v) is 12.4. The smallest absolute Gasteiger partial charge is 0.225 e. The van der Waals surface area contributed by atoms with Gasteiger partial charge in [-0.15, -0.1) is 0 Å². The molecule has 110 valence electrons. The molecule has 1 aromatic heterocycles. The third-order valence-corrected chi connectivity index (χ3v) is 3.06. The molecule has 0 radical (unpaired) electrons. The summed E-state index contributed by atoms with van der Waals surface area (Å²) in [5, 5.41) is 2.79. The maximum atomic E-state index is 11.8. The standard InChI is InChI=1S/C17H20N2O2/c1-13-7-3-4-9-15(13)21-12-6-11-17(20)19-16-10-5-8-14(2)18-16/h3-5,7-10H,6,11-12H2,1-2H3,(H,18,19,20). The fourth-order valence-corrected chi connectivity index (χ4v) is 1.95. The van der Waals surface area contributed by atoms with Crippen LogP contribution in [0.2, 0.25) is 0 Å². The van der Waals surface area contributed by atoms with Gasteiger partial charge in [0.25, 0.3) is 0 Å². The largest absolute Gasteiger partial charge is 0.493 e. The Balaban J connectivity index is 1.71. The van der Waals surface area contributed by atoms with Gasteiger partial charge in [0.15, 0.2) is 0 Å². The second kappa shape index (κ2) is 7.43. The lowest BCUT2D eigenvalue weighted by Gasteiger charge is -2.09. The molecule has 0 unspecified atom stereocenters. The average molecular weight is 284 g/mol. The highest BCUT2D eigenvalue weighted by molar-refractivity contribution is 5.89. The lowest BCUT2D eigenvalue weighted by molar-refractivity contribution is -0.116. The number of amides is 1. The molecule has 21 heavy (non-hydrogen) atoms. The van der Waals surface area contributed by atoms with Crippen molar-refractivity contribution >= 4 is 11.7 Å². The molecule has 0 aliphatic carbocycles. The summed E-state index contributed by atoms with van der Waals surface area (Å²) in [5.41, 5.74) is 1.99. The summed E-state index contributed by atoms with van der Waals surface area (Å²) in [7, 11) is 0. The van der Waals surface area contributed by atoms with Gasteiger partial charge in [0.1, 0.15) is 11.6 Å². The number of hydrogen-bond acceptors (Lipinski definition) is 3. The van der Waals surface area contributed by atoms with Gasteiger partial charge >= 0.3 is 0 Å². The Morgan fingerprint density at radius 2 is 1.95 bits per heavy atom. The van der Waals surface area contributed by atoms with Crippen molar-refractivity contribution in [1.29, 1.82) is 0 Å². The Morgan fingerprint density at radius 1 is 1.14 bits per heavy atom. The number of anilines is 1. The molecule has 0 atom stereocenters. The number of para-hydroxylation sites is 1. The molecule has 1 amide bonds. The number of pyridine rings is 1. The fourth-order valence-electron chi connectivity index (χ4n) is 1.95. The summed E-state index contributed by atoms with van der Waals surface area (Å²) in [6.07, 6.45) is 1.09. The Labute approximate surface area is 125 Å². The first kappa shape index (κ1) is 15.0. The van der Waals surface area contributed by atoms with Gasteiger partial charge in [-0.05, 0) is 44.0 Å². The zero-order valence-electron chi connectivity index (χ0n) is 12.4. The fraction of sp³-hybridized carbons (Fsp3) is 0.294. The maximum absolute atomic E-state index is 11.8. The summed E-state index contributed by atoms with van der Waals surface area (Å²) in [6, 6.07) is 13.4. The van der Waals surface area contributed by atoms with E-state index in [0.717, 1.165) is 17.0 Å². The topological polar surface area (TPSA) is 51.2 Å². The number of ether oxygens (including phenoxy) is 1. The lowest BCUT2D eigenvalue weighted by Crippen LogP contribution is -2.14. The molecule has 0 saturated carbocycles. The van der Waals surface area contributed by atoms with Gasteiger partial charge in [0, 0.05) is 12.1 Å². The van der Waals surface area contributed by atoms with Crippen LogP contribution < -0.4 is 10.1 Å². The molecule has 0 saturated heterocycles.